The lowest BCUT2D eigenvalue weighted by Crippen LogP contribution is -2.08. The molecule has 0 spiro atoms. The highest BCUT2D eigenvalue weighted by atomic mass is 32.2. The van der Waals surface area contributed by atoms with Crippen LogP contribution in [-0.4, -0.2) is 27.0 Å². The Hall–Kier alpha value is -1.14. The van der Waals surface area contributed by atoms with Gasteiger partial charge in [-0.15, -0.1) is 0 Å². The molecule has 0 amide bonds. The average molecular weight is 261 g/mol. The lowest BCUT2D eigenvalue weighted by atomic mass is 10.2. The first-order valence-electron chi connectivity index (χ1n) is 5.21. The van der Waals surface area contributed by atoms with Crippen molar-refractivity contribution in [1.82, 2.24) is 0 Å². The Morgan fingerprint density at radius 1 is 1.41 bits per heavy atom. The predicted molar refractivity (Wildman–Crippen MR) is 64.1 cm³/mol. The molecule has 2 N–H and O–H groups in total. The molecule has 0 saturated heterocycles. The van der Waals surface area contributed by atoms with Gasteiger partial charge in [0.05, 0.1) is 12.4 Å². The summed E-state index contributed by atoms with van der Waals surface area (Å²) >= 11 is 0. The van der Waals surface area contributed by atoms with Gasteiger partial charge in [-0.05, 0) is 12.5 Å². The molecule has 1 rings (SSSR count). The van der Waals surface area contributed by atoms with Gasteiger partial charge in [0.2, 0.25) is 0 Å². The van der Waals surface area contributed by atoms with E-state index in [0.29, 0.717) is 17.7 Å². The van der Waals surface area contributed by atoms with Gasteiger partial charge in [0, 0.05) is 24.4 Å². The second kappa shape index (κ2) is 5.97. The number of benzene rings is 1. The lowest BCUT2D eigenvalue weighted by molar-refractivity contribution is 0.316. The third kappa shape index (κ3) is 5.14. The Morgan fingerprint density at radius 3 is 2.65 bits per heavy atom. The van der Waals surface area contributed by atoms with Gasteiger partial charge in [-0.25, -0.2) is 12.8 Å². The van der Waals surface area contributed by atoms with Crippen molar-refractivity contribution in [3.05, 3.63) is 29.6 Å². The predicted octanol–water partition coefficient (Wildman–Crippen LogP) is 1.10. The zero-order chi connectivity index (χ0) is 12.9. The van der Waals surface area contributed by atoms with Crippen molar-refractivity contribution in [3.8, 4) is 5.75 Å². The highest BCUT2D eigenvalue weighted by Gasteiger charge is 2.04. The van der Waals surface area contributed by atoms with Crippen LogP contribution in [0.3, 0.4) is 0 Å². The van der Waals surface area contributed by atoms with Crippen LogP contribution in [-0.2, 0) is 16.4 Å². The number of halogens is 1. The standard InChI is InChI=1S/C11H16FNO3S/c1-17(14,15)6-2-5-16-10-4-3-9(8-13)11(12)7-10/h3-4,7H,2,5-6,8,13H2,1H3. The van der Waals surface area contributed by atoms with Crippen LogP contribution in [0.4, 0.5) is 4.39 Å². The number of rotatable bonds is 6. The van der Waals surface area contributed by atoms with Crippen LogP contribution in [0.2, 0.25) is 0 Å². The molecule has 0 aromatic heterocycles. The van der Waals surface area contributed by atoms with E-state index in [1.807, 2.05) is 0 Å². The fraction of sp³-hybridized carbons (Fsp3) is 0.455. The molecule has 0 atom stereocenters. The normalized spacial score (nSPS) is 11.5. The fourth-order valence-corrected chi connectivity index (χ4v) is 1.94. The van der Waals surface area contributed by atoms with Gasteiger partial charge in [-0.1, -0.05) is 6.07 Å². The van der Waals surface area contributed by atoms with E-state index >= 15 is 0 Å². The molecule has 0 unspecified atom stereocenters. The summed E-state index contributed by atoms with van der Waals surface area (Å²) in [6.07, 6.45) is 1.56. The van der Waals surface area contributed by atoms with Crippen LogP contribution in [0.25, 0.3) is 0 Å². The molecule has 17 heavy (non-hydrogen) atoms. The summed E-state index contributed by atoms with van der Waals surface area (Å²) in [6, 6.07) is 4.43. The first-order valence-corrected chi connectivity index (χ1v) is 7.27. The van der Waals surface area contributed by atoms with Gasteiger partial charge >= 0.3 is 0 Å². The highest BCUT2D eigenvalue weighted by Crippen LogP contribution is 2.16. The number of nitrogens with two attached hydrogens (primary N) is 1. The van der Waals surface area contributed by atoms with Gasteiger partial charge in [0.1, 0.15) is 21.4 Å². The quantitative estimate of drug-likeness (QED) is 0.778. The molecular formula is C11H16FNO3S. The summed E-state index contributed by atoms with van der Waals surface area (Å²) in [6.45, 7) is 0.384. The van der Waals surface area contributed by atoms with Gasteiger partial charge < -0.3 is 10.5 Å². The molecular weight excluding hydrogens is 245 g/mol. The van der Waals surface area contributed by atoms with Crippen molar-refractivity contribution in [3.63, 3.8) is 0 Å². The van der Waals surface area contributed by atoms with E-state index in [4.69, 9.17) is 10.5 Å². The average Bonchev–Trinajstić information content (AvgIpc) is 2.23. The largest absolute Gasteiger partial charge is 0.493 e. The first-order chi connectivity index (χ1) is 7.92. The maximum Gasteiger partial charge on any atom is 0.147 e. The van der Waals surface area contributed by atoms with Crippen molar-refractivity contribution in [2.24, 2.45) is 5.73 Å². The van der Waals surface area contributed by atoms with E-state index in [1.165, 1.54) is 12.3 Å². The summed E-state index contributed by atoms with van der Waals surface area (Å²) in [5.74, 6) is 0.0393. The second-order valence-corrected chi connectivity index (χ2v) is 6.05. The minimum Gasteiger partial charge on any atom is -0.493 e. The Morgan fingerprint density at radius 2 is 2.12 bits per heavy atom. The Kier molecular flexibility index (Phi) is 4.89. The first kappa shape index (κ1) is 13.9. The third-order valence-electron chi connectivity index (χ3n) is 2.17. The minimum absolute atomic E-state index is 0.0658. The van der Waals surface area contributed by atoms with E-state index < -0.39 is 15.7 Å². The fourth-order valence-electron chi connectivity index (χ4n) is 1.29. The Balaban J connectivity index is 2.45. The Bertz CT molecular complexity index is 474. The van der Waals surface area contributed by atoms with E-state index in [9.17, 15) is 12.8 Å². The maximum atomic E-state index is 13.3. The zero-order valence-corrected chi connectivity index (χ0v) is 10.5. The molecule has 96 valence electrons. The lowest BCUT2D eigenvalue weighted by Gasteiger charge is -2.07. The summed E-state index contributed by atoms with van der Waals surface area (Å²) < 4.78 is 40.2. The number of sulfone groups is 1. The van der Waals surface area contributed by atoms with E-state index in [-0.39, 0.29) is 18.9 Å². The molecule has 0 radical (unpaired) electrons. The molecule has 0 fully saturated rings. The zero-order valence-electron chi connectivity index (χ0n) is 9.65. The van der Waals surface area contributed by atoms with Crippen LogP contribution >= 0.6 is 0 Å². The monoisotopic (exact) mass is 261 g/mol. The summed E-state index contributed by atoms with van der Waals surface area (Å²) in [5.41, 5.74) is 5.75. The van der Waals surface area contributed by atoms with Gasteiger partial charge in [0.25, 0.3) is 0 Å². The van der Waals surface area contributed by atoms with Crippen LogP contribution in [0.1, 0.15) is 12.0 Å². The van der Waals surface area contributed by atoms with Gasteiger partial charge in [-0.3, -0.25) is 0 Å². The molecule has 0 aliphatic carbocycles. The minimum atomic E-state index is -2.97. The third-order valence-corrected chi connectivity index (χ3v) is 3.20. The second-order valence-electron chi connectivity index (χ2n) is 3.79. The van der Waals surface area contributed by atoms with Crippen LogP contribution in [0.15, 0.2) is 18.2 Å². The molecule has 0 aliphatic heterocycles. The molecule has 0 bridgehead atoms. The molecule has 1 aromatic carbocycles. The van der Waals surface area contributed by atoms with Crippen molar-refractivity contribution in [1.29, 1.82) is 0 Å². The van der Waals surface area contributed by atoms with E-state index in [0.717, 1.165) is 0 Å². The van der Waals surface area contributed by atoms with Crippen molar-refractivity contribution >= 4 is 9.84 Å². The number of hydrogen-bond acceptors (Lipinski definition) is 4. The number of hydrogen-bond donors (Lipinski definition) is 1. The summed E-state index contributed by atoms with van der Waals surface area (Å²) in [5, 5.41) is 0. The molecule has 0 aliphatic rings. The highest BCUT2D eigenvalue weighted by molar-refractivity contribution is 7.90. The molecule has 1 aromatic rings. The maximum absolute atomic E-state index is 13.3. The van der Waals surface area contributed by atoms with Crippen LogP contribution < -0.4 is 10.5 Å². The molecule has 6 heteroatoms. The molecule has 0 heterocycles. The van der Waals surface area contributed by atoms with E-state index in [2.05, 4.69) is 0 Å². The molecule has 0 saturated carbocycles. The Labute approximate surface area is 101 Å². The van der Waals surface area contributed by atoms with Crippen LogP contribution in [0, 0.1) is 5.82 Å². The van der Waals surface area contributed by atoms with Crippen LogP contribution in [0.5, 0.6) is 5.75 Å². The molecule has 4 nitrogen and oxygen atoms in total. The van der Waals surface area contributed by atoms with Gasteiger partial charge in [-0.2, -0.15) is 0 Å². The number of ether oxygens (including phenoxy) is 1. The topological polar surface area (TPSA) is 69.4 Å². The van der Waals surface area contributed by atoms with E-state index in [1.54, 1.807) is 12.1 Å². The van der Waals surface area contributed by atoms with Crippen molar-refractivity contribution in [2.45, 2.75) is 13.0 Å². The SMILES string of the molecule is CS(=O)(=O)CCCOc1ccc(CN)c(F)c1. The summed E-state index contributed by atoms with van der Waals surface area (Å²) in [7, 11) is -2.97. The summed E-state index contributed by atoms with van der Waals surface area (Å²) in [4.78, 5) is 0. The smallest absolute Gasteiger partial charge is 0.147 e. The van der Waals surface area contributed by atoms with Crippen molar-refractivity contribution in [2.75, 3.05) is 18.6 Å². The van der Waals surface area contributed by atoms with Gasteiger partial charge in [0.15, 0.2) is 0 Å². The van der Waals surface area contributed by atoms with Crippen molar-refractivity contribution < 1.29 is 17.5 Å².